The lowest BCUT2D eigenvalue weighted by atomic mass is 10.0. The van der Waals surface area contributed by atoms with E-state index >= 15 is 0 Å². The Kier molecular flexibility index (Phi) is 6.44. The molecule has 6 aromatic rings. The summed E-state index contributed by atoms with van der Waals surface area (Å²) in [6.45, 7) is 0. The molecule has 3 aromatic carbocycles. The Balaban J connectivity index is 1.49. The second-order valence-electron chi connectivity index (χ2n) is 11.0. The lowest BCUT2D eigenvalue weighted by molar-refractivity contribution is 1.26. The summed E-state index contributed by atoms with van der Waals surface area (Å²) >= 11 is 0. The second kappa shape index (κ2) is 11.0. The highest BCUT2D eigenvalue weighted by Gasteiger charge is 2.16. The number of nitrogens with zero attached hydrogens (tertiary/aromatic N) is 2. The predicted octanol–water partition coefficient (Wildman–Crippen LogP) is 8.97. The minimum Gasteiger partial charge on any atom is -0.399 e. The van der Waals surface area contributed by atoms with Crippen LogP contribution in [-0.2, 0) is 0 Å². The van der Waals surface area contributed by atoms with Crippen molar-refractivity contribution in [2.45, 2.75) is 0 Å². The Labute approximate surface area is 260 Å². The van der Waals surface area contributed by atoms with Gasteiger partial charge in [0.15, 0.2) is 0 Å². The van der Waals surface area contributed by atoms with Crippen LogP contribution in [0.3, 0.4) is 0 Å². The first-order valence-electron chi connectivity index (χ1n) is 14.8. The summed E-state index contributed by atoms with van der Waals surface area (Å²) in [6.07, 6.45) is 8.19. The second-order valence-corrected chi connectivity index (χ2v) is 11.0. The maximum atomic E-state index is 5.93. The van der Waals surface area contributed by atoms with Crippen LogP contribution in [0.15, 0.2) is 115 Å². The van der Waals surface area contributed by atoms with E-state index in [9.17, 15) is 0 Å². The van der Waals surface area contributed by atoms with Crippen LogP contribution in [-0.4, -0.2) is 19.9 Å². The van der Waals surface area contributed by atoms with Crippen molar-refractivity contribution in [1.82, 2.24) is 19.9 Å². The Bertz CT molecular complexity index is 2230. The monoisotopic (exact) mass is 577 g/mol. The summed E-state index contributed by atoms with van der Waals surface area (Å²) in [4.78, 5) is 17.6. The summed E-state index contributed by atoms with van der Waals surface area (Å²) < 4.78 is 0. The van der Waals surface area contributed by atoms with Gasteiger partial charge in [-0.2, -0.15) is 0 Å². The Morgan fingerprint density at radius 2 is 0.978 bits per heavy atom. The van der Waals surface area contributed by atoms with Crippen molar-refractivity contribution in [3.8, 4) is 34.1 Å². The number of fused-ring (bicyclic) bond motifs is 8. The quantitative estimate of drug-likeness (QED) is 0.142. The van der Waals surface area contributed by atoms with Gasteiger partial charge in [0.2, 0.25) is 0 Å². The van der Waals surface area contributed by atoms with E-state index in [4.69, 9.17) is 15.7 Å². The highest BCUT2D eigenvalue weighted by molar-refractivity contribution is 5.94. The fourth-order valence-electron chi connectivity index (χ4n) is 5.79. The Morgan fingerprint density at radius 3 is 1.49 bits per heavy atom. The number of nitrogens with two attached hydrogens (primary N) is 1. The van der Waals surface area contributed by atoms with Crippen LogP contribution < -0.4 is 5.73 Å². The third kappa shape index (κ3) is 5.11. The zero-order valence-electron chi connectivity index (χ0n) is 24.3. The van der Waals surface area contributed by atoms with Gasteiger partial charge in [0.05, 0.1) is 28.3 Å². The molecule has 0 amide bonds. The normalized spacial score (nSPS) is 11.7. The van der Waals surface area contributed by atoms with Gasteiger partial charge in [-0.25, -0.2) is 9.97 Å². The first-order chi connectivity index (χ1) is 22.2. The van der Waals surface area contributed by atoms with E-state index < -0.39 is 0 Å². The fraction of sp³-hybridized carbons (Fsp3) is 0. The minimum absolute atomic E-state index is 0.702. The molecular formula is C40H27N5. The van der Waals surface area contributed by atoms with E-state index in [0.29, 0.717) is 5.69 Å². The molecule has 4 N–H and O–H groups in total. The third-order valence-electron chi connectivity index (χ3n) is 7.94. The molecule has 5 heteroatoms. The smallest absolute Gasteiger partial charge is 0.0816 e. The highest BCUT2D eigenvalue weighted by Crippen LogP contribution is 2.33. The van der Waals surface area contributed by atoms with E-state index in [1.165, 1.54) is 0 Å². The number of hydrogen-bond donors (Lipinski definition) is 3. The third-order valence-corrected chi connectivity index (χ3v) is 7.94. The molecule has 212 valence electrons. The summed E-state index contributed by atoms with van der Waals surface area (Å²) in [7, 11) is 0. The zero-order valence-corrected chi connectivity index (χ0v) is 24.3. The molecule has 3 aromatic heterocycles. The molecule has 0 spiro atoms. The van der Waals surface area contributed by atoms with Crippen molar-refractivity contribution in [1.29, 1.82) is 0 Å². The number of aromatic amines is 2. The first kappa shape index (κ1) is 26.3. The minimum atomic E-state index is 0.702. The van der Waals surface area contributed by atoms with Crippen molar-refractivity contribution >= 4 is 52.1 Å². The van der Waals surface area contributed by atoms with Gasteiger partial charge in [-0.1, -0.05) is 72.5 Å². The molecule has 2 aliphatic heterocycles. The van der Waals surface area contributed by atoms with Crippen LogP contribution in [0.4, 0.5) is 5.69 Å². The molecule has 0 atom stereocenters. The number of benzene rings is 3. The largest absolute Gasteiger partial charge is 0.399 e. The number of nitrogens with one attached hydrogen (secondary N) is 2. The molecule has 2 aliphatic rings. The van der Waals surface area contributed by atoms with Gasteiger partial charge in [0.25, 0.3) is 0 Å². The topological polar surface area (TPSA) is 83.4 Å². The maximum absolute atomic E-state index is 5.93. The van der Waals surface area contributed by atoms with E-state index in [0.717, 1.165) is 78.2 Å². The lowest BCUT2D eigenvalue weighted by Gasteiger charge is -2.04. The van der Waals surface area contributed by atoms with Crippen LogP contribution in [0.25, 0.3) is 68.6 Å². The van der Waals surface area contributed by atoms with Crippen LogP contribution >= 0.6 is 0 Å². The number of hydrogen-bond acceptors (Lipinski definition) is 3. The van der Waals surface area contributed by atoms with Crippen LogP contribution in [0, 0.1) is 11.8 Å². The van der Waals surface area contributed by atoms with Crippen LogP contribution in [0.5, 0.6) is 0 Å². The SMILES string of the molecule is Nc1ccc(C#Cc2c3nc(c(-c4ccccc4)c4ccc(cc5ccc([nH]5)c(-c5ccccc5)c5nc2C=C5)[nH]4)C=C3)cc1. The van der Waals surface area contributed by atoms with Gasteiger partial charge in [-0.15, -0.1) is 0 Å². The lowest BCUT2D eigenvalue weighted by Crippen LogP contribution is -1.91. The number of H-pyrrole nitrogens is 2. The number of rotatable bonds is 2. The van der Waals surface area contributed by atoms with Crippen molar-refractivity contribution < 1.29 is 0 Å². The average molecular weight is 578 g/mol. The van der Waals surface area contributed by atoms with Crippen LogP contribution in [0.1, 0.15) is 33.9 Å². The summed E-state index contributed by atoms with van der Waals surface area (Å²) in [6, 6.07) is 38.8. The van der Waals surface area contributed by atoms with E-state index in [1.54, 1.807) is 0 Å². The molecule has 0 unspecified atom stereocenters. The average Bonchev–Trinajstić information content (AvgIpc) is 3.90. The molecule has 0 fully saturated rings. The van der Waals surface area contributed by atoms with Gasteiger partial charge in [0.1, 0.15) is 0 Å². The van der Waals surface area contributed by atoms with Crippen molar-refractivity contribution in [2.75, 3.05) is 5.73 Å². The highest BCUT2D eigenvalue weighted by atomic mass is 14.8. The Morgan fingerprint density at radius 1 is 0.489 bits per heavy atom. The van der Waals surface area contributed by atoms with Crippen molar-refractivity contribution in [2.24, 2.45) is 0 Å². The molecule has 8 rings (SSSR count). The van der Waals surface area contributed by atoms with Gasteiger partial charge >= 0.3 is 0 Å². The molecule has 5 heterocycles. The van der Waals surface area contributed by atoms with E-state index in [2.05, 4.69) is 88.6 Å². The molecule has 45 heavy (non-hydrogen) atoms. The maximum Gasteiger partial charge on any atom is 0.0816 e. The molecular weight excluding hydrogens is 550 g/mol. The number of aromatic nitrogens is 4. The summed E-state index contributed by atoms with van der Waals surface area (Å²) in [5, 5.41) is 0. The van der Waals surface area contributed by atoms with Crippen LogP contribution in [0.2, 0.25) is 0 Å². The van der Waals surface area contributed by atoms with Gasteiger partial charge in [-0.3, -0.25) is 0 Å². The van der Waals surface area contributed by atoms with E-state index in [-0.39, 0.29) is 0 Å². The molecule has 0 saturated carbocycles. The van der Waals surface area contributed by atoms with Gasteiger partial charge in [0, 0.05) is 44.4 Å². The van der Waals surface area contributed by atoms with Gasteiger partial charge in [-0.05, 0) is 90.0 Å². The molecule has 0 aliphatic carbocycles. The van der Waals surface area contributed by atoms with E-state index in [1.807, 2.05) is 72.8 Å². The number of nitrogen functional groups attached to an aromatic ring is 1. The molecule has 8 bridgehead atoms. The summed E-state index contributed by atoms with van der Waals surface area (Å²) in [5.74, 6) is 6.75. The summed E-state index contributed by atoms with van der Waals surface area (Å²) in [5.41, 5.74) is 19.6. The molecule has 0 radical (unpaired) electrons. The van der Waals surface area contributed by atoms with Crippen molar-refractivity contribution in [3.63, 3.8) is 0 Å². The predicted molar refractivity (Wildman–Crippen MR) is 187 cm³/mol. The molecule has 5 nitrogen and oxygen atoms in total. The number of anilines is 1. The van der Waals surface area contributed by atoms with Gasteiger partial charge < -0.3 is 15.7 Å². The first-order valence-corrected chi connectivity index (χ1v) is 14.8. The molecule has 0 saturated heterocycles. The zero-order chi connectivity index (χ0) is 30.2. The van der Waals surface area contributed by atoms with Crippen molar-refractivity contribution in [3.05, 3.63) is 149 Å². The standard InChI is InChI=1S/C40H27N5/c41-29-14-11-26(12-15-29)13-18-32-33-21-23-37(44-33)39(27-7-3-1-4-8-27)35-19-16-30(42-35)25-31-17-20-36(43-31)40(28-9-5-2-6-10-28)38-24-22-34(32)45-38/h1-12,14-17,19-25,42-43H,41H2. The fourth-order valence-corrected chi connectivity index (χ4v) is 5.79. The Hall–Kier alpha value is -6.38.